The maximum absolute atomic E-state index is 12.0. The summed E-state index contributed by atoms with van der Waals surface area (Å²) in [6.07, 6.45) is 2.18. The third kappa shape index (κ3) is 1.93. The molecule has 0 radical (unpaired) electrons. The first kappa shape index (κ1) is 11.0. The van der Waals surface area contributed by atoms with Crippen LogP contribution < -0.4 is 11.0 Å². The fourth-order valence-corrected chi connectivity index (χ4v) is 2.86. The summed E-state index contributed by atoms with van der Waals surface area (Å²) in [7, 11) is 0. The zero-order valence-electron chi connectivity index (χ0n) is 9.37. The van der Waals surface area contributed by atoms with Gasteiger partial charge in [-0.25, -0.2) is 4.79 Å². The van der Waals surface area contributed by atoms with Crippen LogP contribution in [-0.4, -0.2) is 22.6 Å². The summed E-state index contributed by atoms with van der Waals surface area (Å²) in [5.74, 6) is 0. The number of benzene rings is 1. The van der Waals surface area contributed by atoms with Gasteiger partial charge in [-0.1, -0.05) is 15.9 Å². The van der Waals surface area contributed by atoms with Gasteiger partial charge in [-0.2, -0.15) is 0 Å². The summed E-state index contributed by atoms with van der Waals surface area (Å²) in [6.45, 7) is 1.93. The van der Waals surface area contributed by atoms with E-state index in [1.807, 2.05) is 22.8 Å². The van der Waals surface area contributed by atoms with Crippen LogP contribution in [0.25, 0.3) is 11.0 Å². The summed E-state index contributed by atoms with van der Waals surface area (Å²) in [5.41, 5.74) is 1.88. The van der Waals surface area contributed by atoms with Crippen LogP contribution in [0, 0.1) is 0 Å². The predicted molar refractivity (Wildman–Crippen MR) is 71.4 cm³/mol. The van der Waals surface area contributed by atoms with E-state index in [1.54, 1.807) is 0 Å². The molecule has 1 atom stereocenters. The van der Waals surface area contributed by atoms with E-state index in [2.05, 4.69) is 26.2 Å². The Hall–Kier alpha value is -1.07. The number of imidazole rings is 1. The molecule has 2 heterocycles. The second kappa shape index (κ2) is 4.31. The molecule has 3 rings (SSSR count). The van der Waals surface area contributed by atoms with E-state index in [-0.39, 0.29) is 11.7 Å². The largest absolute Gasteiger partial charge is 0.326 e. The van der Waals surface area contributed by atoms with Crippen LogP contribution in [0.3, 0.4) is 0 Å². The lowest BCUT2D eigenvalue weighted by Crippen LogP contribution is -2.35. The Kier molecular flexibility index (Phi) is 2.80. The van der Waals surface area contributed by atoms with E-state index in [9.17, 15) is 4.79 Å². The molecule has 5 heteroatoms. The van der Waals surface area contributed by atoms with Gasteiger partial charge >= 0.3 is 5.69 Å². The van der Waals surface area contributed by atoms with E-state index in [0.717, 1.165) is 41.4 Å². The summed E-state index contributed by atoms with van der Waals surface area (Å²) >= 11 is 3.45. The number of rotatable bonds is 1. The molecule has 1 aromatic heterocycles. The molecule has 90 valence electrons. The highest BCUT2D eigenvalue weighted by molar-refractivity contribution is 9.10. The minimum Gasteiger partial charge on any atom is -0.315 e. The van der Waals surface area contributed by atoms with Crippen LogP contribution in [0.5, 0.6) is 0 Å². The van der Waals surface area contributed by atoms with Gasteiger partial charge in [-0.05, 0) is 37.6 Å². The van der Waals surface area contributed by atoms with Crippen molar-refractivity contribution in [2.24, 2.45) is 0 Å². The van der Waals surface area contributed by atoms with Crippen molar-refractivity contribution in [3.63, 3.8) is 0 Å². The quantitative estimate of drug-likeness (QED) is 0.846. The van der Waals surface area contributed by atoms with E-state index < -0.39 is 0 Å². The van der Waals surface area contributed by atoms with Crippen LogP contribution in [0.2, 0.25) is 0 Å². The first-order valence-corrected chi connectivity index (χ1v) is 6.65. The molecule has 1 aliphatic heterocycles. The highest BCUT2D eigenvalue weighted by atomic mass is 79.9. The third-order valence-electron chi connectivity index (χ3n) is 3.32. The van der Waals surface area contributed by atoms with Gasteiger partial charge in [-0.3, -0.25) is 4.57 Å². The average molecular weight is 296 g/mol. The first-order valence-electron chi connectivity index (χ1n) is 5.86. The fourth-order valence-electron chi connectivity index (χ4n) is 2.51. The summed E-state index contributed by atoms with van der Waals surface area (Å²) in [6, 6.07) is 6.15. The molecule has 0 bridgehead atoms. The molecule has 1 saturated heterocycles. The lowest BCUT2D eigenvalue weighted by Gasteiger charge is -2.23. The summed E-state index contributed by atoms with van der Waals surface area (Å²) in [4.78, 5) is 14.9. The molecule has 1 aliphatic rings. The fraction of sp³-hybridized carbons (Fsp3) is 0.417. The van der Waals surface area contributed by atoms with Crippen molar-refractivity contribution in [3.8, 4) is 0 Å². The average Bonchev–Trinajstić information content (AvgIpc) is 2.65. The molecule has 0 aliphatic carbocycles. The maximum Gasteiger partial charge on any atom is 0.326 e. The molecule has 0 spiro atoms. The number of aromatic amines is 1. The predicted octanol–water partition coefficient (Wildman–Crippen LogP) is 2.02. The Morgan fingerprint density at radius 1 is 1.41 bits per heavy atom. The summed E-state index contributed by atoms with van der Waals surface area (Å²) < 4.78 is 2.88. The molecule has 0 saturated carbocycles. The third-order valence-corrected chi connectivity index (χ3v) is 3.81. The molecular weight excluding hydrogens is 282 g/mol. The highest BCUT2D eigenvalue weighted by Gasteiger charge is 2.19. The molecule has 1 unspecified atom stereocenters. The summed E-state index contributed by atoms with van der Waals surface area (Å²) in [5, 5.41) is 3.34. The van der Waals surface area contributed by atoms with Gasteiger partial charge in [-0.15, -0.1) is 0 Å². The SMILES string of the molecule is O=c1[nH]c2ccc(Br)cc2n1C1CCCNC1. The normalized spacial score (nSPS) is 20.9. The van der Waals surface area contributed by atoms with E-state index in [1.165, 1.54) is 0 Å². The number of nitrogens with zero attached hydrogens (tertiary/aromatic N) is 1. The number of halogens is 1. The van der Waals surface area contributed by atoms with E-state index in [0.29, 0.717) is 0 Å². The van der Waals surface area contributed by atoms with Crippen LogP contribution in [-0.2, 0) is 0 Å². The maximum atomic E-state index is 12.0. The van der Waals surface area contributed by atoms with Gasteiger partial charge in [0.2, 0.25) is 0 Å². The van der Waals surface area contributed by atoms with Crippen LogP contribution in [0.1, 0.15) is 18.9 Å². The van der Waals surface area contributed by atoms with Crippen molar-refractivity contribution in [2.75, 3.05) is 13.1 Å². The zero-order chi connectivity index (χ0) is 11.8. The smallest absolute Gasteiger partial charge is 0.315 e. The van der Waals surface area contributed by atoms with Crippen molar-refractivity contribution in [1.29, 1.82) is 0 Å². The Morgan fingerprint density at radius 3 is 3.06 bits per heavy atom. The molecule has 17 heavy (non-hydrogen) atoms. The lowest BCUT2D eigenvalue weighted by atomic mass is 10.1. The molecular formula is C12H14BrN3O. The van der Waals surface area contributed by atoms with Crippen LogP contribution in [0.15, 0.2) is 27.5 Å². The van der Waals surface area contributed by atoms with Gasteiger partial charge in [0.05, 0.1) is 17.1 Å². The molecule has 0 amide bonds. The van der Waals surface area contributed by atoms with Gasteiger partial charge in [0.25, 0.3) is 0 Å². The van der Waals surface area contributed by atoms with Crippen molar-refractivity contribution < 1.29 is 0 Å². The molecule has 4 nitrogen and oxygen atoms in total. The van der Waals surface area contributed by atoms with E-state index >= 15 is 0 Å². The van der Waals surface area contributed by atoms with Gasteiger partial charge < -0.3 is 10.3 Å². The van der Waals surface area contributed by atoms with Crippen molar-refractivity contribution in [1.82, 2.24) is 14.9 Å². The Balaban J connectivity index is 2.16. The number of fused-ring (bicyclic) bond motifs is 1. The Morgan fingerprint density at radius 2 is 2.29 bits per heavy atom. The number of H-pyrrole nitrogens is 1. The minimum atomic E-state index is -0.00759. The first-order chi connectivity index (χ1) is 8.25. The van der Waals surface area contributed by atoms with Crippen molar-refractivity contribution >= 4 is 27.0 Å². The number of nitrogens with one attached hydrogen (secondary N) is 2. The minimum absolute atomic E-state index is 0.00759. The Labute approximate surface area is 107 Å². The zero-order valence-corrected chi connectivity index (χ0v) is 11.0. The lowest BCUT2D eigenvalue weighted by molar-refractivity contribution is 0.372. The topological polar surface area (TPSA) is 49.8 Å². The van der Waals surface area contributed by atoms with Crippen molar-refractivity contribution in [3.05, 3.63) is 33.2 Å². The van der Waals surface area contributed by atoms with Gasteiger partial charge in [0.15, 0.2) is 0 Å². The van der Waals surface area contributed by atoms with Crippen molar-refractivity contribution in [2.45, 2.75) is 18.9 Å². The number of hydrogen-bond donors (Lipinski definition) is 2. The number of piperidine rings is 1. The molecule has 1 fully saturated rings. The van der Waals surface area contributed by atoms with Crippen LogP contribution >= 0.6 is 15.9 Å². The second-order valence-corrected chi connectivity index (χ2v) is 5.38. The molecule has 2 N–H and O–H groups in total. The van der Waals surface area contributed by atoms with E-state index in [4.69, 9.17) is 0 Å². The van der Waals surface area contributed by atoms with Crippen LogP contribution in [0.4, 0.5) is 0 Å². The molecule has 2 aromatic rings. The second-order valence-electron chi connectivity index (χ2n) is 4.46. The monoisotopic (exact) mass is 295 g/mol. The number of hydrogen-bond acceptors (Lipinski definition) is 2. The number of aromatic nitrogens is 2. The highest BCUT2D eigenvalue weighted by Crippen LogP contribution is 2.23. The molecule has 1 aromatic carbocycles. The van der Waals surface area contributed by atoms with Gasteiger partial charge in [0.1, 0.15) is 0 Å². The Bertz CT molecular complexity index is 595. The van der Waals surface area contributed by atoms with Gasteiger partial charge in [0, 0.05) is 11.0 Å². The standard InChI is InChI=1S/C12H14BrN3O/c13-8-3-4-10-11(6-8)16(12(17)15-10)9-2-1-5-14-7-9/h3-4,6,9,14H,1-2,5,7H2,(H,15,17).